The Bertz CT molecular complexity index is 1160. The highest BCUT2D eigenvalue weighted by Gasteiger charge is 2.67. The highest BCUT2D eigenvalue weighted by atomic mass is 35.5. The normalized spacial score (nSPS) is 19.0. The van der Waals surface area contributed by atoms with E-state index >= 15 is 0 Å². The predicted octanol–water partition coefficient (Wildman–Crippen LogP) is 4.05. The molecule has 7 nitrogen and oxygen atoms in total. The molecule has 4 rings (SSSR count). The lowest BCUT2D eigenvalue weighted by molar-refractivity contribution is -0.213. The Hall–Kier alpha value is -2.08. The van der Waals surface area contributed by atoms with Gasteiger partial charge in [-0.2, -0.15) is 13.2 Å². The van der Waals surface area contributed by atoms with Crippen LogP contribution in [-0.4, -0.2) is 32.5 Å². The molecule has 0 bridgehead atoms. The zero-order valence-corrected chi connectivity index (χ0v) is 16.2. The van der Waals surface area contributed by atoms with Gasteiger partial charge in [0.05, 0.1) is 21.1 Å². The second-order valence-corrected chi connectivity index (χ2v) is 7.88. The second-order valence-electron chi connectivity index (χ2n) is 5.63. The summed E-state index contributed by atoms with van der Waals surface area (Å²) in [7, 11) is 0. The first kappa shape index (κ1) is 19.2. The molecule has 3 heterocycles. The Kier molecular flexibility index (Phi) is 4.27. The highest BCUT2D eigenvalue weighted by molar-refractivity contribution is 7.14. The van der Waals surface area contributed by atoms with Gasteiger partial charge in [-0.15, -0.1) is 11.3 Å². The third-order valence-electron chi connectivity index (χ3n) is 4.00. The van der Waals surface area contributed by atoms with E-state index in [4.69, 9.17) is 34.8 Å². The Balaban J connectivity index is 1.94. The largest absolute Gasteiger partial charge is 0.440 e. The van der Waals surface area contributed by atoms with Crippen LogP contribution in [0.25, 0.3) is 11.0 Å². The van der Waals surface area contributed by atoms with E-state index in [2.05, 4.69) is 9.97 Å². The number of hydrogen-bond acceptors (Lipinski definition) is 5. The SMILES string of the molecule is O=C(NC1(C(F)(F)F)C(=O)Nc2nc3cc(Cl)c(Cl)cc3n21)c1csc(Cl)n1. The van der Waals surface area contributed by atoms with Crippen LogP contribution >= 0.6 is 46.1 Å². The molecular formula is C14H5Cl3F3N5O2S. The molecule has 1 aliphatic heterocycles. The molecule has 1 aliphatic rings. The quantitative estimate of drug-likeness (QED) is 0.591. The van der Waals surface area contributed by atoms with Crippen LogP contribution < -0.4 is 10.6 Å². The van der Waals surface area contributed by atoms with Gasteiger partial charge < -0.3 is 5.32 Å². The number of amides is 2. The summed E-state index contributed by atoms with van der Waals surface area (Å²) in [6.07, 6.45) is -5.24. The molecule has 146 valence electrons. The summed E-state index contributed by atoms with van der Waals surface area (Å²) >= 11 is 18.3. The van der Waals surface area contributed by atoms with Gasteiger partial charge >= 0.3 is 6.18 Å². The number of benzene rings is 1. The van der Waals surface area contributed by atoms with Crippen molar-refractivity contribution < 1.29 is 22.8 Å². The first-order valence-corrected chi connectivity index (χ1v) is 9.25. The van der Waals surface area contributed by atoms with Crippen molar-refractivity contribution in [3.8, 4) is 0 Å². The van der Waals surface area contributed by atoms with Crippen LogP contribution in [0.5, 0.6) is 0 Å². The lowest BCUT2D eigenvalue weighted by Crippen LogP contribution is -2.63. The van der Waals surface area contributed by atoms with E-state index in [1.165, 1.54) is 6.07 Å². The van der Waals surface area contributed by atoms with E-state index in [0.717, 1.165) is 22.8 Å². The third kappa shape index (κ3) is 2.65. The van der Waals surface area contributed by atoms with Crippen LogP contribution in [0.3, 0.4) is 0 Å². The fourth-order valence-corrected chi connectivity index (χ4v) is 3.87. The number of nitrogens with one attached hydrogen (secondary N) is 2. The summed E-state index contributed by atoms with van der Waals surface area (Å²) in [5.41, 5.74) is -3.95. The predicted molar refractivity (Wildman–Crippen MR) is 97.0 cm³/mol. The fraction of sp³-hybridized carbons (Fsp3) is 0.143. The molecule has 0 radical (unpaired) electrons. The number of anilines is 1. The number of thiazole rings is 1. The summed E-state index contributed by atoms with van der Waals surface area (Å²) < 4.78 is 43.0. The average Bonchev–Trinajstić information content (AvgIpc) is 3.23. The van der Waals surface area contributed by atoms with Gasteiger partial charge in [0.2, 0.25) is 5.95 Å². The maximum atomic E-state index is 14.2. The molecule has 0 spiro atoms. The fourth-order valence-electron chi connectivity index (χ4n) is 2.81. The maximum absolute atomic E-state index is 14.2. The van der Waals surface area contributed by atoms with Gasteiger partial charge in [-0.3, -0.25) is 19.5 Å². The zero-order chi connectivity index (χ0) is 20.4. The van der Waals surface area contributed by atoms with Gasteiger partial charge in [-0.05, 0) is 12.1 Å². The van der Waals surface area contributed by atoms with Gasteiger partial charge in [-0.25, -0.2) is 9.97 Å². The number of nitrogens with zero attached hydrogens (tertiary/aromatic N) is 3. The lowest BCUT2D eigenvalue weighted by Gasteiger charge is -2.31. The molecule has 2 N–H and O–H groups in total. The molecule has 28 heavy (non-hydrogen) atoms. The van der Waals surface area contributed by atoms with Gasteiger partial charge in [0.15, 0.2) is 4.47 Å². The van der Waals surface area contributed by atoms with Crippen LogP contribution in [0.15, 0.2) is 17.5 Å². The minimum absolute atomic E-state index is 0.0442. The van der Waals surface area contributed by atoms with Crippen LogP contribution in [0.4, 0.5) is 19.1 Å². The van der Waals surface area contributed by atoms with E-state index in [1.807, 2.05) is 5.32 Å². The van der Waals surface area contributed by atoms with Crippen LogP contribution in [0.1, 0.15) is 10.5 Å². The summed E-state index contributed by atoms with van der Waals surface area (Å²) in [6.45, 7) is 0. The first-order valence-electron chi connectivity index (χ1n) is 7.24. The molecule has 0 saturated heterocycles. The highest BCUT2D eigenvalue weighted by Crippen LogP contribution is 2.45. The van der Waals surface area contributed by atoms with Crippen molar-refractivity contribution in [2.24, 2.45) is 0 Å². The molecule has 0 aliphatic carbocycles. The van der Waals surface area contributed by atoms with E-state index < -0.39 is 29.6 Å². The van der Waals surface area contributed by atoms with E-state index in [0.29, 0.717) is 4.57 Å². The summed E-state index contributed by atoms with van der Waals surface area (Å²) in [5, 5.41) is 4.95. The number of alkyl halides is 3. The maximum Gasteiger partial charge on any atom is 0.440 e. The molecule has 14 heteroatoms. The number of imidazole rings is 1. The second kappa shape index (κ2) is 6.21. The smallest absolute Gasteiger partial charge is 0.312 e. The first-order chi connectivity index (χ1) is 13.0. The van der Waals surface area contributed by atoms with Gasteiger partial charge in [0, 0.05) is 5.38 Å². The number of fused-ring (bicyclic) bond motifs is 3. The van der Waals surface area contributed by atoms with Crippen LogP contribution in [-0.2, 0) is 10.5 Å². The minimum atomic E-state index is -5.24. The Labute approximate surface area is 172 Å². The lowest BCUT2D eigenvalue weighted by atomic mass is 10.1. The number of aromatic nitrogens is 3. The monoisotopic (exact) mass is 469 g/mol. The Morgan fingerprint density at radius 3 is 2.50 bits per heavy atom. The van der Waals surface area contributed by atoms with E-state index in [9.17, 15) is 22.8 Å². The molecule has 0 saturated carbocycles. The summed E-state index contributed by atoms with van der Waals surface area (Å²) in [6, 6.07) is 2.38. The average molecular weight is 471 g/mol. The zero-order valence-electron chi connectivity index (χ0n) is 13.1. The molecular weight excluding hydrogens is 466 g/mol. The number of carbonyl (C=O) groups is 2. The van der Waals surface area contributed by atoms with Crippen molar-refractivity contribution in [2.75, 3.05) is 5.32 Å². The molecule has 2 amide bonds. The standard InChI is InChI=1S/C14H5Cl3F3N5O2S/c15-4-1-6-8(2-5(4)16)25-12(22-6)23-10(27)13(25,14(18,19)20)24-9(26)7-3-28-11(17)21-7/h1-3H,(H,24,26)(H,22,23,27). The molecule has 2 aromatic heterocycles. The van der Waals surface area contributed by atoms with Crippen molar-refractivity contribution in [1.82, 2.24) is 19.9 Å². The molecule has 3 aromatic rings. The van der Waals surface area contributed by atoms with E-state index in [-0.39, 0.29) is 31.2 Å². The number of rotatable bonds is 2. The van der Waals surface area contributed by atoms with Crippen LogP contribution in [0.2, 0.25) is 14.5 Å². The van der Waals surface area contributed by atoms with Crippen molar-refractivity contribution in [3.63, 3.8) is 0 Å². The Morgan fingerprint density at radius 1 is 1.21 bits per heavy atom. The van der Waals surface area contributed by atoms with Gasteiger partial charge in [-0.1, -0.05) is 34.8 Å². The van der Waals surface area contributed by atoms with Crippen molar-refractivity contribution in [3.05, 3.63) is 37.7 Å². The van der Waals surface area contributed by atoms with Gasteiger partial charge in [0.1, 0.15) is 5.69 Å². The van der Waals surface area contributed by atoms with Crippen molar-refractivity contribution >= 4 is 74.9 Å². The molecule has 1 atom stereocenters. The van der Waals surface area contributed by atoms with Gasteiger partial charge in [0.25, 0.3) is 17.5 Å². The minimum Gasteiger partial charge on any atom is -0.312 e. The summed E-state index contributed by atoms with van der Waals surface area (Å²) in [4.78, 5) is 32.4. The van der Waals surface area contributed by atoms with E-state index in [1.54, 1.807) is 5.32 Å². The van der Waals surface area contributed by atoms with Crippen molar-refractivity contribution in [2.45, 2.75) is 11.8 Å². The third-order valence-corrected chi connectivity index (χ3v) is 5.70. The molecule has 0 fully saturated rings. The van der Waals surface area contributed by atoms with Crippen molar-refractivity contribution in [1.29, 1.82) is 0 Å². The number of carbonyl (C=O) groups excluding carboxylic acids is 2. The Morgan fingerprint density at radius 2 is 1.89 bits per heavy atom. The summed E-state index contributed by atoms with van der Waals surface area (Å²) in [5.74, 6) is -3.21. The molecule has 1 aromatic carbocycles. The topological polar surface area (TPSA) is 88.9 Å². The van der Waals surface area contributed by atoms with Crippen LogP contribution in [0, 0.1) is 0 Å². The number of halogens is 6. The number of hydrogen-bond donors (Lipinski definition) is 2. The molecule has 1 unspecified atom stereocenters.